The zero-order chi connectivity index (χ0) is 17.7. The van der Waals surface area contributed by atoms with Crippen molar-refractivity contribution in [2.24, 2.45) is 10.8 Å². The normalized spacial score (nSPS) is 22.6. The number of halogens is 2. The molecular weight excluding hydrogens is 328 g/mol. The van der Waals surface area contributed by atoms with Gasteiger partial charge in [0, 0.05) is 12.6 Å². The summed E-state index contributed by atoms with van der Waals surface area (Å²) in [5.41, 5.74) is 0.0870. The van der Waals surface area contributed by atoms with E-state index < -0.39 is 23.1 Å². The van der Waals surface area contributed by atoms with Gasteiger partial charge < -0.3 is 10.3 Å². The first-order valence-corrected chi connectivity index (χ1v) is 8.20. The quantitative estimate of drug-likeness (QED) is 0.872. The largest absolute Gasteiger partial charge is 0.350 e. The lowest BCUT2D eigenvalue weighted by Crippen LogP contribution is -2.34. The van der Waals surface area contributed by atoms with Crippen LogP contribution in [0.1, 0.15) is 35.3 Å². The maximum absolute atomic E-state index is 14.0. The van der Waals surface area contributed by atoms with E-state index in [2.05, 4.69) is 15.3 Å². The molecule has 1 amide bonds. The van der Waals surface area contributed by atoms with Crippen LogP contribution in [-0.4, -0.2) is 22.4 Å². The number of carbonyl (C=O) groups is 1. The molecule has 130 valence electrons. The molecule has 1 aromatic heterocycles. The van der Waals surface area contributed by atoms with E-state index in [1.165, 1.54) is 18.3 Å². The number of nitrogens with zero attached hydrogens (tertiary/aromatic N) is 1. The van der Waals surface area contributed by atoms with E-state index in [0.717, 1.165) is 31.5 Å². The van der Waals surface area contributed by atoms with Gasteiger partial charge in [0.05, 0.1) is 12.4 Å². The van der Waals surface area contributed by atoms with Crippen LogP contribution in [0.3, 0.4) is 0 Å². The molecule has 25 heavy (non-hydrogen) atoms. The van der Waals surface area contributed by atoms with E-state index in [-0.39, 0.29) is 16.5 Å². The molecule has 1 atom stereocenters. The first-order chi connectivity index (χ1) is 11.9. The Balaban J connectivity index is 1.49. The number of hydrogen-bond donors (Lipinski definition) is 2. The number of benzene rings is 1. The smallest absolute Gasteiger partial charge is 0.269 e. The fourth-order valence-corrected chi connectivity index (χ4v) is 3.89. The van der Waals surface area contributed by atoms with Gasteiger partial charge in [-0.15, -0.1) is 0 Å². The van der Waals surface area contributed by atoms with Gasteiger partial charge in [0.15, 0.2) is 0 Å². The minimum atomic E-state index is -0.596. The number of aromatic amines is 1. The lowest BCUT2D eigenvalue weighted by atomic mass is 9.92. The van der Waals surface area contributed by atoms with Gasteiger partial charge in [-0.2, -0.15) is 0 Å². The zero-order valence-electron chi connectivity index (χ0n) is 13.4. The lowest BCUT2D eigenvalue weighted by molar-refractivity contribution is 0.0937. The van der Waals surface area contributed by atoms with E-state index in [0.29, 0.717) is 18.5 Å². The highest BCUT2D eigenvalue weighted by Crippen LogP contribution is 2.79. The van der Waals surface area contributed by atoms with Crippen LogP contribution in [0.15, 0.2) is 35.4 Å². The van der Waals surface area contributed by atoms with Crippen LogP contribution in [0.2, 0.25) is 0 Å². The molecule has 0 bridgehead atoms. The van der Waals surface area contributed by atoms with E-state index in [1.54, 1.807) is 0 Å². The Morgan fingerprint density at radius 2 is 2.08 bits per heavy atom. The Kier molecular flexibility index (Phi) is 3.49. The highest BCUT2D eigenvalue weighted by atomic mass is 19.1. The van der Waals surface area contributed by atoms with Crippen molar-refractivity contribution in [3.8, 4) is 0 Å². The van der Waals surface area contributed by atoms with Crippen molar-refractivity contribution in [2.45, 2.75) is 25.7 Å². The second-order valence-corrected chi connectivity index (χ2v) is 7.14. The van der Waals surface area contributed by atoms with Crippen molar-refractivity contribution >= 4 is 5.91 Å². The zero-order valence-corrected chi connectivity index (χ0v) is 13.4. The van der Waals surface area contributed by atoms with E-state index >= 15 is 0 Å². The van der Waals surface area contributed by atoms with E-state index in [4.69, 9.17) is 0 Å². The summed E-state index contributed by atoms with van der Waals surface area (Å²) in [6.45, 7) is 0.388. The van der Waals surface area contributed by atoms with Crippen LogP contribution in [0.4, 0.5) is 8.78 Å². The second kappa shape index (κ2) is 5.47. The standard InChI is InChI=1S/C18H17F2N3O2/c19-12-2-1-11(13(20)5-12)6-18(9-17(18)3-4-17)10-22-16(25)14-7-21-8-15(24)23-14/h1-2,5,7-8H,3-4,6,9-10H2,(H,22,25)(H,23,24). The fourth-order valence-electron chi connectivity index (χ4n) is 3.89. The maximum atomic E-state index is 14.0. The molecule has 7 heteroatoms. The van der Waals surface area contributed by atoms with Crippen molar-refractivity contribution in [1.82, 2.24) is 15.3 Å². The van der Waals surface area contributed by atoms with Crippen molar-refractivity contribution in [3.63, 3.8) is 0 Å². The molecule has 2 N–H and O–H groups in total. The number of hydrogen-bond acceptors (Lipinski definition) is 3. The van der Waals surface area contributed by atoms with Gasteiger partial charge in [-0.05, 0) is 48.1 Å². The van der Waals surface area contributed by atoms with E-state index in [9.17, 15) is 18.4 Å². The second-order valence-electron chi connectivity index (χ2n) is 7.14. The number of amides is 1. The Morgan fingerprint density at radius 3 is 2.72 bits per heavy atom. The van der Waals surface area contributed by atoms with Gasteiger partial charge in [0.2, 0.25) is 0 Å². The van der Waals surface area contributed by atoms with Gasteiger partial charge in [-0.1, -0.05) is 6.07 Å². The molecule has 2 aliphatic carbocycles. The van der Waals surface area contributed by atoms with Crippen LogP contribution in [0, 0.1) is 22.5 Å². The third-order valence-electron chi connectivity index (χ3n) is 5.56. The van der Waals surface area contributed by atoms with Gasteiger partial charge in [-0.3, -0.25) is 14.6 Å². The van der Waals surface area contributed by atoms with Crippen LogP contribution in [-0.2, 0) is 6.42 Å². The molecule has 5 nitrogen and oxygen atoms in total. The molecule has 0 radical (unpaired) electrons. The molecule has 1 aromatic carbocycles. The summed E-state index contributed by atoms with van der Waals surface area (Å²) in [7, 11) is 0. The van der Waals surface area contributed by atoms with Crippen molar-refractivity contribution < 1.29 is 13.6 Å². The van der Waals surface area contributed by atoms with Crippen LogP contribution < -0.4 is 10.9 Å². The first kappa shape index (κ1) is 15.9. The average molecular weight is 345 g/mol. The van der Waals surface area contributed by atoms with Crippen molar-refractivity contribution in [1.29, 1.82) is 0 Å². The van der Waals surface area contributed by atoms with Crippen molar-refractivity contribution in [3.05, 3.63) is 63.8 Å². The van der Waals surface area contributed by atoms with E-state index in [1.807, 2.05) is 0 Å². The predicted molar refractivity (Wildman–Crippen MR) is 86.0 cm³/mol. The summed E-state index contributed by atoms with van der Waals surface area (Å²) in [5.74, 6) is -1.56. The summed E-state index contributed by atoms with van der Waals surface area (Å²) in [5, 5.41) is 2.83. The topological polar surface area (TPSA) is 74.8 Å². The monoisotopic (exact) mass is 345 g/mol. The molecule has 2 aromatic rings. The third-order valence-corrected chi connectivity index (χ3v) is 5.56. The van der Waals surface area contributed by atoms with Crippen LogP contribution >= 0.6 is 0 Å². The Bertz CT molecular complexity index is 907. The molecular formula is C18H17F2N3O2. The summed E-state index contributed by atoms with van der Waals surface area (Å²) >= 11 is 0. The molecule has 1 spiro atoms. The van der Waals surface area contributed by atoms with Gasteiger partial charge in [0.25, 0.3) is 11.5 Å². The highest BCUT2D eigenvalue weighted by Gasteiger charge is 2.73. The molecule has 1 heterocycles. The summed E-state index contributed by atoms with van der Waals surface area (Å²) in [6, 6.07) is 3.62. The molecule has 4 rings (SSSR count). The fraction of sp³-hybridized carbons (Fsp3) is 0.389. The Hall–Kier alpha value is -2.57. The number of aromatic nitrogens is 2. The number of nitrogens with one attached hydrogen (secondary N) is 2. The molecule has 0 saturated heterocycles. The minimum absolute atomic E-state index is 0.0982. The molecule has 0 aliphatic heterocycles. The Morgan fingerprint density at radius 1 is 1.28 bits per heavy atom. The highest BCUT2D eigenvalue weighted by molar-refractivity contribution is 5.91. The average Bonchev–Trinajstić information content (AvgIpc) is 3.47. The first-order valence-electron chi connectivity index (χ1n) is 8.20. The molecule has 1 unspecified atom stereocenters. The van der Waals surface area contributed by atoms with Gasteiger partial charge in [-0.25, -0.2) is 8.78 Å². The predicted octanol–water partition coefficient (Wildman–Crippen LogP) is 2.19. The summed E-state index contributed by atoms with van der Waals surface area (Å²) < 4.78 is 27.1. The minimum Gasteiger partial charge on any atom is -0.350 e. The maximum Gasteiger partial charge on any atom is 0.269 e. The summed E-state index contributed by atoms with van der Waals surface area (Å²) in [6.07, 6.45) is 5.90. The number of rotatable bonds is 5. The summed E-state index contributed by atoms with van der Waals surface area (Å²) in [4.78, 5) is 29.6. The number of H-pyrrole nitrogens is 1. The molecule has 2 fully saturated rings. The SMILES string of the molecule is O=C(NCC1(Cc2ccc(F)cc2F)CC12CC2)c1cncc(=O)[nH]1. The van der Waals surface area contributed by atoms with Gasteiger partial charge >= 0.3 is 0 Å². The Labute approximate surface area is 142 Å². The number of carbonyl (C=O) groups excluding carboxylic acids is 1. The molecule has 2 saturated carbocycles. The van der Waals surface area contributed by atoms with Crippen LogP contribution in [0.25, 0.3) is 0 Å². The molecule has 2 aliphatic rings. The van der Waals surface area contributed by atoms with Gasteiger partial charge in [0.1, 0.15) is 17.3 Å². The lowest BCUT2D eigenvalue weighted by Gasteiger charge is -2.19. The third kappa shape index (κ3) is 2.83. The van der Waals surface area contributed by atoms with Crippen molar-refractivity contribution in [2.75, 3.05) is 6.54 Å². The van der Waals surface area contributed by atoms with Crippen LogP contribution in [0.5, 0.6) is 0 Å².